The highest BCUT2D eigenvalue weighted by Crippen LogP contribution is 1.88. The molecule has 0 saturated carbocycles. The van der Waals surface area contributed by atoms with Crippen LogP contribution in [0.3, 0.4) is 0 Å². The summed E-state index contributed by atoms with van der Waals surface area (Å²) in [4.78, 5) is 4.84. The van der Waals surface area contributed by atoms with Gasteiger partial charge in [-0.25, -0.2) is 0 Å². The summed E-state index contributed by atoms with van der Waals surface area (Å²) in [5.41, 5.74) is 5.47. The summed E-state index contributed by atoms with van der Waals surface area (Å²) in [5, 5.41) is 6.28. The third kappa shape index (κ3) is 17.7. The van der Waals surface area contributed by atoms with Gasteiger partial charge in [0.05, 0.1) is 0 Å². The molecule has 0 aromatic rings. The Bertz CT molecular complexity index is 172. The van der Waals surface area contributed by atoms with E-state index in [1.165, 1.54) is 39.0 Å². The topological polar surface area (TPSA) is 56.6 Å². The highest BCUT2D eigenvalue weighted by atomic mass is 15.1. The van der Waals surface area contributed by atoms with Crippen molar-refractivity contribution in [3.63, 3.8) is 0 Å². The average molecular weight is 304 g/mol. The van der Waals surface area contributed by atoms with Crippen molar-refractivity contribution in [3.8, 4) is 0 Å². The Morgan fingerprint density at radius 3 is 1.57 bits per heavy atom. The van der Waals surface area contributed by atoms with Crippen molar-refractivity contribution >= 4 is 0 Å². The number of likely N-dealkylation sites (N-methyl/N-ethyl adjacent to an activating group) is 3. The van der Waals surface area contributed by atoms with E-state index in [9.17, 15) is 0 Å². The molecule has 4 N–H and O–H groups in total. The molecule has 0 rings (SSSR count). The van der Waals surface area contributed by atoms with Crippen molar-refractivity contribution in [1.82, 2.24) is 20.4 Å². The molecule has 0 fully saturated rings. The minimum Gasteiger partial charge on any atom is -0.329 e. The van der Waals surface area contributed by atoms with Gasteiger partial charge >= 0.3 is 0 Å². The van der Waals surface area contributed by atoms with Gasteiger partial charge in [-0.3, -0.25) is 0 Å². The molecular formula is C16H41N5. The summed E-state index contributed by atoms with van der Waals surface area (Å²) in [7, 11) is 3.98. The molecule has 0 atom stereocenters. The van der Waals surface area contributed by atoms with Gasteiger partial charge < -0.3 is 26.2 Å². The highest BCUT2D eigenvalue weighted by molar-refractivity contribution is 4.58. The van der Waals surface area contributed by atoms with Crippen LogP contribution >= 0.6 is 0 Å². The smallest absolute Gasteiger partial charge is 0.0107 e. The summed E-state index contributed by atoms with van der Waals surface area (Å²) < 4.78 is 0. The van der Waals surface area contributed by atoms with Gasteiger partial charge in [-0.05, 0) is 46.6 Å². The Balaban J connectivity index is 0. The number of nitrogens with two attached hydrogens (primary N) is 1. The summed E-state index contributed by atoms with van der Waals surface area (Å²) in [6.45, 7) is 16.5. The molecule has 130 valence electrons. The summed E-state index contributed by atoms with van der Waals surface area (Å²) >= 11 is 0. The molecule has 0 aliphatic rings. The number of rotatable bonds is 13. The highest BCUT2D eigenvalue weighted by Gasteiger charge is 1.99. The number of hydrogen-bond acceptors (Lipinski definition) is 5. The molecule has 0 saturated heterocycles. The molecule has 0 unspecified atom stereocenters. The molecule has 5 heteroatoms. The van der Waals surface area contributed by atoms with Crippen molar-refractivity contribution in [2.75, 3.05) is 73.0 Å². The first-order valence-electron chi connectivity index (χ1n) is 8.63. The van der Waals surface area contributed by atoms with Crippen LogP contribution < -0.4 is 16.4 Å². The maximum atomic E-state index is 5.47. The predicted molar refractivity (Wildman–Crippen MR) is 96.0 cm³/mol. The van der Waals surface area contributed by atoms with Crippen LogP contribution in [-0.4, -0.2) is 82.8 Å². The van der Waals surface area contributed by atoms with Gasteiger partial charge in [-0.15, -0.1) is 0 Å². The number of nitrogens with zero attached hydrogens (tertiary/aromatic N) is 2. The van der Waals surface area contributed by atoms with E-state index in [0.717, 1.165) is 32.7 Å². The molecule has 0 amide bonds. The number of nitrogens with one attached hydrogen (secondary N) is 2. The first kappa shape index (κ1) is 23.1. The molecule has 5 nitrogen and oxygen atoms in total. The standard InChI is InChI=1S/C8H21N3.C8H20N2/c1-3-6-11(7-4-9)8-5-10-2;1-4-7-10(5-2)8-6-9-3/h10H,3-9H2,1-2H3;9H,4-8H2,1-3H3. The molecule has 0 aromatic heterocycles. The van der Waals surface area contributed by atoms with E-state index in [-0.39, 0.29) is 0 Å². The van der Waals surface area contributed by atoms with Crippen LogP contribution in [0.25, 0.3) is 0 Å². The van der Waals surface area contributed by atoms with Crippen molar-refractivity contribution in [1.29, 1.82) is 0 Å². The van der Waals surface area contributed by atoms with Gasteiger partial charge in [-0.2, -0.15) is 0 Å². The molecule has 0 aromatic carbocycles. The lowest BCUT2D eigenvalue weighted by Gasteiger charge is -2.20. The zero-order valence-corrected chi connectivity index (χ0v) is 15.2. The molecule has 0 heterocycles. The zero-order valence-electron chi connectivity index (χ0n) is 15.2. The van der Waals surface area contributed by atoms with Crippen molar-refractivity contribution < 1.29 is 0 Å². The van der Waals surface area contributed by atoms with Crippen LogP contribution in [0.4, 0.5) is 0 Å². The van der Waals surface area contributed by atoms with Gasteiger partial charge in [0.2, 0.25) is 0 Å². The molecule has 0 bridgehead atoms. The quantitative estimate of drug-likeness (QED) is 0.470. The maximum absolute atomic E-state index is 5.47. The van der Waals surface area contributed by atoms with E-state index in [4.69, 9.17) is 5.73 Å². The van der Waals surface area contributed by atoms with Crippen LogP contribution in [-0.2, 0) is 0 Å². The van der Waals surface area contributed by atoms with Gasteiger partial charge in [0.15, 0.2) is 0 Å². The molecule has 0 aliphatic carbocycles. The Morgan fingerprint density at radius 2 is 1.19 bits per heavy atom. The van der Waals surface area contributed by atoms with E-state index in [2.05, 4.69) is 41.2 Å². The van der Waals surface area contributed by atoms with Gasteiger partial charge in [0.1, 0.15) is 0 Å². The molecular weight excluding hydrogens is 262 g/mol. The van der Waals surface area contributed by atoms with Crippen molar-refractivity contribution in [3.05, 3.63) is 0 Å². The van der Waals surface area contributed by atoms with Crippen LogP contribution in [0.15, 0.2) is 0 Å². The monoisotopic (exact) mass is 303 g/mol. The molecule has 21 heavy (non-hydrogen) atoms. The van der Waals surface area contributed by atoms with E-state index >= 15 is 0 Å². The van der Waals surface area contributed by atoms with Gasteiger partial charge in [0.25, 0.3) is 0 Å². The van der Waals surface area contributed by atoms with Crippen LogP contribution in [0.2, 0.25) is 0 Å². The Kier molecular flexibility index (Phi) is 21.8. The van der Waals surface area contributed by atoms with Crippen molar-refractivity contribution in [2.45, 2.75) is 33.6 Å². The number of hydrogen-bond donors (Lipinski definition) is 3. The Labute approximate surface area is 133 Å². The van der Waals surface area contributed by atoms with Crippen LogP contribution in [0, 0.1) is 0 Å². The lowest BCUT2D eigenvalue weighted by molar-refractivity contribution is 0.283. The summed E-state index contributed by atoms with van der Waals surface area (Å²) in [5.74, 6) is 0. The first-order chi connectivity index (χ1) is 10.2. The van der Waals surface area contributed by atoms with Crippen LogP contribution in [0.1, 0.15) is 33.6 Å². The van der Waals surface area contributed by atoms with Gasteiger partial charge in [0, 0.05) is 39.3 Å². The summed E-state index contributed by atoms with van der Waals surface area (Å²) in [6, 6.07) is 0. The minimum absolute atomic E-state index is 0.768. The van der Waals surface area contributed by atoms with E-state index in [1.54, 1.807) is 0 Å². The van der Waals surface area contributed by atoms with Crippen LogP contribution in [0.5, 0.6) is 0 Å². The average Bonchev–Trinajstić information content (AvgIpc) is 2.50. The molecule has 0 spiro atoms. The fourth-order valence-electron chi connectivity index (χ4n) is 2.12. The van der Waals surface area contributed by atoms with E-state index < -0.39 is 0 Å². The Morgan fingerprint density at radius 1 is 0.714 bits per heavy atom. The Hall–Kier alpha value is -0.200. The lowest BCUT2D eigenvalue weighted by Crippen LogP contribution is -2.35. The van der Waals surface area contributed by atoms with Gasteiger partial charge in [-0.1, -0.05) is 20.8 Å². The fourth-order valence-corrected chi connectivity index (χ4v) is 2.12. The third-order valence-corrected chi connectivity index (χ3v) is 3.33. The molecule has 0 radical (unpaired) electrons. The SMILES string of the molecule is CCCN(CC)CCNC.CCCN(CCN)CCNC. The van der Waals surface area contributed by atoms with E-state index in [0.29, 0.717) is 0 Å². The predicted octanol–water partition coefficient (Wildman–Crippen LogP) is 0.814. The molecule has 0 aliphatic heterocycles. The summed E-state index contributed by atoms with van der Waals surface area (Å²) in [6.07, 6.45) is 2.47. The fraction of sp³-hybridized carbons (Fsp3) is 1.00. The lowest BCUT2D eigenvalue weighted by atomic mass is 10.4. The second kappa shape index (κ2) is 19.8. The minimum atomic E-state index is 0.768. The van der Waals surface area contributed by atoms with Crippen molar-refractivity contribution in [2.24, 2.45) is 5.73 Å². The normalized spacial score (nSPS) is 10.9. The third-order valence-electron chi connectivity index (χ3n) is 3.33. The van der Waals surface area contributed by atoms with E-state index in [1.807, 2.05) is 14.1 Å². The zero-order chi connectivity index (χ0) is 16.3. The second-order valence-corrected chi connectivity index (χ2v) is 5.27. The largest absolute Gasteiger partial charge is 0.329 e. The maximum Gasteiger partial charge on any atom is 0.0107 e. The second-order valence-electron chi connectivity index (χ2n) is 5.27. The first-order valence-corrected chi connectivity index (χ1v) is 8.63.